The normalized spacial score (nSPS) is 21.7. The fourth-order valence-corrected chi connectivity index (χ4v) is 4.03. The van der Waals surface area contributed by atoms with E-state index < -0.39 is 6.43 Å². The zero-order chi connectivity index (χ0) is 15.7. The standard InChI is InChI=1S/C18H27F2N/c1-17(2)9-15(10-18(3,4)12-17)21-11-13-5-7-14(8-6-13)16(19)20/h5-8,15-16,21H,9-12H2,1-4H3. The van der Waals surface area contributed by atoms with Crippen LogP contribution >= 0.6 is 0 Å². The summed E-state index contributed by atoms with van der Waals surface area (Å²) in [4.78, 5) is 0. The predicted molar refractivity (Wildman–Crippen MR) is 83.4 cm³/mol. The maximum Gasteiger partial charge on any atom is 0.263 e. The lowest BCUT2D eigenvalue weighted by Crippen LogP contribution is -2.43. The monoisotopic (exact) mass is 295 g/mol. The van der Waals surface area contributed by atoms with E-state index in [-0.39, 0.29) is 5.56 Å². The molecule has 1 N–H and O–H groups in total. The maximum absolute atomic E-state index is 12.5. The van der Waals surface area contributed by atoms with Gasteiger partial charge in [-0.2, -0.15) is 0 Å². The molecule has 1 aromatic carbocycles. The first-order valence-electron chi connectivity index (χ1n) is 7.77. The molecule has 0 atom stereocenters. The van der Waals surface area contributed by atoms with Gasteiger partial charge in [0.15, 0.2) is 0 Å². The quantitative estimate of drug-likeness (QED) is 0.793. The molecule has 118 valence electrons. The van der Waals surface area contributed by atoms with E-state index in [9.17, 15) is 8.78 Å². The Morgan fingerprint density at radius 1 is 1.05 bits per heavy atom. The van der Waals surface area contributed by atoms with E-state index in [2.05, 4.69) is 33.0 Å². The van der Waals surface area contributed by atoms with E-state index in [1.807, 2.05) is 0 Å². The van der Waals surface area contributed by atoms with Gasteiger partial charge in [0.25, 0.3) is 6.43 Å². The van der Waals surface area contributed by atoms with Crippen molar-refractivity contribution in [1.29, 1.82) is 0 Å². The number of hydrogen-bond donors (Lipinski definition) is 1. The van der Waals surface area contributed by atoms with Crippen LogP contribution in [-0.2, 0) is 6.54 Å². The highest BCUT2D eigenvalue weighted by Crippen LogP contribution is 2.45. The molecule has 3 heteroatoms. The molecule has 2 rings (SSSR count). The van der Waals surface area contributed by atoms with Crippen molar-refractivity contribution in [1.82, 2.24) is 5.32 Å². The van der Waals surface area contributed by atoms with Crippen LogP contribution in [-0.4, -0.2) is 6.04 Å². The summed E-state index contributed by atoms with van der Waals surface area (Å²) in [7, 11) is 0. The highest BCUT2D eigenvalue weighted by molar-refractivity contribution is 5.23. The minimum atomic E-state index is -2.38. The Morgan fingerprint density at radius 2 is 1.57 bits per heavy atom. The van der Waals surface area contributed by atoms with Gasteiger partial charge in [0.05, 0.1) is 0 Å². The summed E-state index contributed by atoms with van der Waals surface area (Å²) in [6, 6.07) is 7.15. The molecule has 1 aliphatic rings. The molecule has 0 heterocycles. The molecule has 21 heavy (non-hydrogen) atoms. The molecule has 1 aliphatic carbocycles. The van der Waals surface area contributed by atoms with Crippen LogP contribution in [0.5, 0.6) is 0 Å². The molecule has 0 aromatic heterocycles. The molecule has 1 nitrogen and oxygen atoms in total. The second-order valence-electron chi connectivity index (χ2n) is 8.03. The second-order valence-corrected chi connectivity index (χ2v) is 8.03. The number of rotatable bonds is 4. The predicted octanol–water partition coefficient (Wildman–Crippen LogP) is 5.32. The molecular formula is C18H27F2N. The molecule has 1 fully saturated rings. The smallest absolute Gasteiger partial charge is 0.263 e. The summed E-state index contributed by atoms with van der Waals surface area (Å²) in [6.07, 6.45) is 1.21. The van der Waals surface area contributed by atoms with Crippen molar-refractivity contribution < 1.29 is 8.78 Å². The van der Waals surface area contributed by atoms with Crippen LogP contribution in [0.3, 0.4) is 0 Å². The van der Waals surface area contributed by atoms with Gasteiger partial charge in [-0.3, -0.25) is 0 Å². The third kappa shape index (κ3) is 4.77. The molecule has 0 amide bonds. The number of hydrogen-bond acceptors (Lipinski definition) is 1. The molecule has 0 radical (unpaired) electrons. The fraction of sp³-hybridized carbons (Fsp3) is 0.667. The van der Waals surface area contributed by atoms with Gasteiger partial charge in [0.2, 0.25) is 0 Å². The molecule has 0 spiro atoms. The molecule has 1 saturated carbocycles. The van der Waals surface area contributed by atoms with Crippen LogP contribution < -0.4 is 5.32 Å². The van der Waals surface area contributed by atoms with Crippen LogP contribution in [0, 0.1) is 10.8 Å². The molecular weight excluding hydrogens is 268 g/mol. The van der Waals surface area contributed by atoms with E-state index in [0.717, 1.165) is 12.1 Å². The first-order valence-corrected chi connectivity index (χ1v) is 7.77. The lowest BCUT2D eigenvalue weighted by molar-refractivity contribution is 0.0845. The summed E-state index contributed by atoms with van der Waals surface area (Å²) in [5.41, 5.74) is 1.89. The Morgan fingerprint density at radius 3 is 2.05 bits per heavy atom. The lowest BCUT2D eigenvalue weighted by atomic mass is 9.63. The zero-order valence-corrected chi connectivity index (χ0v) is 13.5. The second kappa shape index (κ2) is 6.04. The SMILES string of the molecule is CC1(C)CC(NCc2ccc(C(F)F)cc2)CC(C)(C)C1. The van der Waals surface area contributed by atoms with Gasteiger partial charge in [0, 0.05) is 18.2 Å². The minimum Gasteiger partial charge on any atom is -0.310 e. The number of alkyl halides is 2. The van der Waals surface area contributed by atoms with Gasteiger partial charge >= 0.3 is 0 Å². The topological polar surface area (TPSA) is 12.0 Å². The number of nitrogens with one attached hydrogen (secondary N) is 1. The van der Waals surface area contributed by atoms with Gasteiger partial charge in [-0.25, -0.2) is 8.78 Å². The van der Waals surface area contributed by atoms with E-state index >= 15 is 0 Å². The zero-order valence-electron chi connectivity index (χ0n) is 13.5. The largest absolute Gasteiger partial charge is 0.310 e. The Bertz CT molecular complexity index is 447. The van der Waals surface area contributed by atoms with Crippen LogP contribution in [0.15, 0.2) is 24.3 Å². The van der Waals surface area contributed by atoms with Crippen molar-refractivity contribution in [2.75, 3.05) is 0 Å². The molecule has 1 aromatic rings. The van der Waals surface area contributed by atoms with Gasteiger partial charge in [0.1, 0.15) is 0 Å². The highest BCUT2D eigenvalue weighted by atomic mass is 19.3. The van der Waals surface area contributed by atoms with Crippen molar-refractivity contribution in [3.63, 3.8) is 0 Å². The Hall–Kier alpha value is -0.960. The van der Waals surface area contributed by atoms with E-state index in [1.54, 1.807) is 12.1 Å². The third-order valence-corrected chi connectivity index (χ3v) is 4.38. The van der Waals surface area contributed by atoms with Crippen molar-refractivity contribution in [3.8, 4) is 0 Å². The van der Waals surface area contributed by atoms with Crippen molar-refractivity contribution in [2.24, 2.45) is 10.8 Å². The Balaban J connectivity index is 1.93. The van der Waals surface area contributed by atoms with Crippen molar-refractivity contribution in [3.05, 3.63) is 35.4 Å². The third-order valence-electron chi connectivity index (χ3n) is 4.38. The number of benzene rings is 1. The van der Waals surface area contributed by atoms with Gasteiger partial charge in [-0.05, 0) is 35.7 Å². The first-order chi connectivity index (χ1) is 9.67. The first kappa shape index (κ1) is 16.4. The summed E-state index contributed by atoms with van der Waals surface area (Å²) in [5, 5.41) is 3.61. The Labute approximate surface area is 127 Å². The lowest BCUT2D eigenvalue weighted by Gasteiger charge is -2.45. The van der Waals surface area contributed by atoms with Crippen LogP contribution in [0.4, 0.5) is 8.78 Å². The Kier molecular flexibility index (Phi) is 4.72. The van der Waals surface area contributed by atoms with Gasteiger partial charge < -0.3 is 5.32 Å². The average Bonchev–Trinajstić information content (AvgIpc) is 2.33. The average molecular weight is 295 g/mol. The van der Waals surface area contributed by atoms with Crippen molar-refractivity contribution in [2.45, 2.75) is 66.0 Å². The van der Waals surface area contributed by atoms with Crippen LogP contribution in [0.2, 0.25) is 0 Å². The molecule has 0 aliphatic heterocycles. The maximum atomic E-state index is 12.5. The van der Waals surface area contributed by atoms with Gasteiger partial charge in [-0.15, -0.1) is 0 Å². The van der Waals surface area contributed by atoms with E-state index in [4.69, 9.17) is 0 Å². The van der Waals surface area contributed by atoms with E-state index in [1.165, 1.54) is 31.4 Å². The summed E-state index contributed by atoms with van der Waals surface area (Å²) in [5.74, 6) is 0. The molecule has 0 saturated heterocycles. The fourth-order valence-electron chi connectivity index (χ4n) is 4.03. The van der Waals surface area contributed by atoms with Crippen LogP contribution in [0.1, 0.15) is 64.5 Å². The van der Waals surface area contributed by atoms with Crippen LogP contribution in [0.25, 0.3) is 0 Å². The minimum absolute atomic E-state index is 0.0960. The van der Waals surface area contributed by atoms with Gasteiger partial charge in [-0.1, -0.05) is 52.0 Å². The molecule has 0 bridgehead atoms. The number of halogens is 2. The van der Waals surface area contributed by atoms with E-state index in [0.29, 0.717) is 16.9 Å². The summed E-state index contributed by atoms with van der Waals surface area (Å²) in [6.45, 7) is 10.1. The summed E-state index contributed by atoms with van der Waals surface area (Å²) < 4.78 is 25.1. The van der Waals surface area contributed by atoms with Crippen molar-refractivity contribution >= 4 is 0 Å². The molecule has 0 unspecified atom stereocenters. The highest BCUT2D eigenvalue weighted by Gasteiger charge is 2.38. The summed E-state index contributed by atoms with van der Waals surface area (Å²) >= 11 is 0.